The molecule has 164 valence electrons. The number of ether oxygens (including phenoxy) is 3. The molecule has 10 heteroatoms. The molecule has 0 heterocycles. The first-order chi connectivity index (χ1) is 14.8. The zero-order chi connectivity index (χ0) is 22.6. The van der Waals surface area contributed by atoms with Gasteiger partial charge in [0, 0.05) is 16.7 Å². The first kappa shape index (κ1) is 22.4. The van der Waals surface area contributed by atoms with Gasteiger partial charge in [0.2, 0.25) is 5.75 Å². The van der Waals surface area contributed by atoms with Crippen LogP contribution in [0.2, 0.25) is 5.02 Å². The molecule has 0 spiro atoms. The quantitative estimate of drug-likeness (QED) is 0.382. The zero-order valence-corrected chi connectivity index (χ0v) is 17.7. The van der Waals surface area contributed by atoms with E-state index in [9.17, 15) is 19.7 Å². The van der Waals surface area contributed by atoms with Gasteiger partial charge in [-0.05, 0) is 43.2 Å². The van der Waals surface area contributed by atoms with E-state index in [1.807, 2.05) is 0 Å². The van der Waals surface area contributed by atoms with Crippen LogP contribution >= 0.6 is 11.6 Å². The SMILES string of the molecule is COC(=O)C1(NC(=O)c2ccc(Oc3ccc(Cl)cc3[N+](=O)[O-])c(OC)c2)CCCC1. The van der Waals surface area contributed by atoms with Crippen molar-refractivity contribution in [2.24, 2.45) is 0 Å². The first-order valence-corrected chi connectivity index (χ1v) is 9.88. The van der Waals surface area contributed by atoms with E-state index in [4.69, 9.17) is 25.8 Å². The molecule has 2 aromatic rings. The molecule has 1 amide bonds. The third kappa shape index (κ3) is 4.72. The maximum atomic E-state index is 12.8. The molecule has 2 aromatic carbocycles. The van der Waals surface area contributed by atoms with E-state index in [0.29, 0.717) is 12.8 Å². The lowest BCUT2D eigenvalue weighted by Crippen LogP contribution is -2.53. The molecule has 9 nitrogen and oxygen atoms in total. The summed E-state index contributed by atoms with van der Waals surface area (Å²) in [6.07, 6.45) is 2.63. The molecule has 0 atom stereocenters. The predicted molar refractivity (Wildman–Crippen MR) is 112 cm³/mol. The Balaban J connectivity index is 1.86. The monoisotopic (exact) mass is 448 g/mol. The Morgan fingerprint density at radius 3 is 2.35 bits per heavy atom. The number of amides is 1. The van der Waals surface area contributed by atoms with Gasteiger partial charge >= 0.3 is 11.7 Å². The summed E-state index contributed by atoms with van der Waals surface area (Å²) in [4.78, 5) is 35.7. The van der Waals surface area contributed by atoms with E-state index in [0.717, 1.165) is 12.8 Å². The van der Waals surface area contributed by atoms with Crippen molar-refractivity contribution in [1.29, 1.82) is 0 Å². The largest absolute Gasteiger partial charge is 0.493 e. The summed E-state index contributed by atoms with van der Waals surface area (Å²) < 4.78 is 15.8. The Bertz CT molecular complexity index is 1020. The van der Waals surface area contributed by atoms with Crippen molar-refractivity contribution in [3.05, 3.63) is 57.1 Å². The summed E-state index contributed by atoms with van der Waals surface area (Å²) in [6.45, 7) is 0. The van der Waals surface area contributed by atoms with Crippen LogP contribution in [0.4, 0.5) is 5.69 Å². The van der Waals surface area contributed by atoms with E-state index in [1.165, 1.54) is 50.6 Å². The van der Waals surface area contributed by atoms with E-state index in [-0.39, 0.29) is 33.5 Å². The van der Waals surface area contributed by atoms with Crippen LogP contribution in [0.25, 0.3) is 0 Å². The summed E-state index contributed by atoms with van der Waals surface area (Å²) >= 11 is 5.83. The first-order valence-electron chi connectivity index (χ1n) is 9.50. The lowest BCUT2D eigenvalue weighted by atomic mass is 9.97. The molecule has 31 heavy (non-hydrogen) atoms. The number of hydrogen-bond donors (Lipinski definition) is 1. The van der Waals surface area contributed by atoms with Crippen LogP contribution in [0.1, 0.15) is 36.0 Å². The molecule has 0 bridgehead atoms. The summed E-state index contributed by atoms with van der Waals surface area (Å²) in [5.41, 5.74) is -1.11. The molecule has 1 fully saturated rings. The van der Waals surface area contributed by atoms with Gasteiger partial charge in [0.15, 0.2) is 11.5 Å². The summed E-state index contributed by atoms with van der Waals surface area (Å²) in [7, 11) is 2.67. The Hall–Kier alpha value is -3.33. The van der Waals surface area contributed by atoms with Crippen LogP contribution < -0.4 is 14.8 Å². The third-order valence-corrected chi connectivity index (χ3v) is 5.38. The number of esters is 1. The van der Waals surface area contributed by atoms with Crippen molar-refractivity contribution < 1.29 is 28.7 Å². The van der Waals surface area contributed by atoms with E-state index >= 15 is 0 Å². The molecule has 0 aliphatic heterocycles. The maximum Gasteiger partial charge on any atom is 0.331 e. The molecule has 3 rings (SSSR count). The lowest BCUT2D eigenvalue weighted by Gasteiger charge is -2.27. The smallest absolute Gasteiger partial charge is 0.331 e. The Morgan fingerprint density at radius 1 is 1.06 bits per heavy atom. The maximum absolute atomic E-state index is 12.8. The predicted octanol–water partition coefficient (Wildman–Crippen LogP) is 4.26. The Kier molecular flexibility index (Phi) is 6.65. The number of hydrogen-bond acceptors (Lipinski definition) is 7. The highest BCUT2D eigenvalue weighted by Crippen LogP contribution is 2.38. The minimum absolute atomic E-state index is 0.0273. The summed E-state index contributed by atoms with van der Waals surface area (Å²) in [5, 5.41) is 14.3. The molecule has 0 saturated heterocycles. The number of rotatable bonds is 7. The minimum Gasteiger partial charge on any atom is -0.493 e. The van der Waals surface area contributed by atoms with Crippen LogP contribution in [-0.2, 0) is 9.53 Å². The third-order valence-electron chi connectivity index (χ3n) is 5.15. The Morgan fingerprint density at radius 2 is 1.74 bits per heavy atom. The summed E-state index contributed by atoms with van der Waals surface area (Å²) in [5.74, 6) is -0.598. The van der Waals surface area contributed by atoms with Gasteiger partial charge in [0.25, 0.3) is 5.91 Å². The number of nitrogens with zero attached hydrogens (tertiary/aromatic N) is 1. The van der Waals surface area contributed by atoms with Crippen LogP contribution in [0.15, 0.2) is 36.4 Å². The average Bonchev–Trinajstić information content (AvgIpc) is 3.23. The molecule has 0 aromatic heterocycles. The second-order valence-corrected chi connectivity index (χ2v) is 7.51. The molecule has 0 unspecified atom stereocenters. The van der Waals surface area contributed by atoms with Crippen LogP contribution in [-0.4, -0.2) is 36.6 Å². The molecular weight excluding hydrogens is 428 g/mol. The molecule has 1 aliphatic rings. The van der Waals surface area contributed by atoms with Gasteiger partial charge in [0.05, 0.1) is 19.1 Å². The van der Waals surface area contributed by atoms with Gasteiger partial charge in [-0.3, -0.25) is 14.9 Å². The van der Waals surface area contributed by atoms with E-state index < -0.39 is 22.3 Å². The number of halogens is 1. The fourth-order valence-corrected chi connectivity index (χ4v) is 3.74. The van der Waals surface area contributed by atoms with E-state index in [1.54, 1.807) is 0 Å². The molecule has 0 radical (unpaired) electrons. The van der Waals surface area contributed by atoms with Gasteiger partial charge < -0.3 is 19.5 Å². The molecule has 1 aliphatic carbocycles. The number of benzene rings is 2. The van der Waals surface area contributed by atoms with Gasteiger partial charge in [-0.15, -0.1) is 0 Å². The second-order valence-electron chi connectivity index (χ2n) is 7.07. The van der Waals surface area contributed by atoms with Crippen molar-refractivity contribution in [2.75, 3.05) is 14.2 Å². The molecular formula is C21H21ClN2O7. The van der Waals surface area contributed by atoms with Crippen LogP contribution in [0.3, 0.4) is 0 Å². The summed E-state index contributed by atoms with van der Waals surface area (Å²) in [6, 6.07) is 8.40. The average molecular weight is 449 g/mol. The minimum atomic E-state index is -1.04. The van der Waals surface area contributed by atoms with Crippen LogP contribution in [0.5, 0.6) is 17.2 Å². The fraction of sp³-hybridized carbons (Fsp3) is 0.333. The van der Waals surface area contributed by atoms with Gasteiger partial charge in [-0.25, -0.2) is 4.79 Å². The standard InChI is InChI=1S/C21H21ClN2O7/c1-29-18-11-13(19(25)23-21(20(26)30-2)9-3-4-10-21)5-7-17(18)31-16-8-6-14(22)12-15(16)24(27)28/h5-8,11-12H,3-4,9-10H2,1-2H3,(H,23,25). The number of nitro groups is 1. The van der Waals surface area contributed by atoms with Crippen molar-refractivity contribution in [1.82, 2.24) is 5.32 Å². The van der Waals surface area contributed by atoms with Crippen molar-refractivity contribution in [3.8, 4) is 17.2 Å². The normalized spacial score (nSPS) is 14.5. The highest BCUT2D eigenvalue weighted by molar-refractivity contribution is 6.30. The zero-order valence-electron chi connectivity index (χ0n) is 17.0. The highest BCUT2D eigenvalue weighted by Gasteiger charge is 2.43. The lowest BCUT2D eigenvalue weighted by molar-refractivity contribution is -0.385. The van der Waals surface area contributed by atoms with Crippen molar-refractivity contribution in [2.45, 2.75) is 31.2 Å². The van der Waals surface area contributed by atoms with Gasteiger partial charge in [-0.2, -0.15) is 0 Å². The van der Waals surface area contributed by atoms with Gasteiger partial charge in [-0.1, -0.05) is 24.4 Å². The number of nitro benzene ring substituents is 1. The second kappa shape index (κ2) is 9.22. The number of methoxy groups -OCH3 is 2. The van der Waals surface area contributed by atoms with Gasteiger partial charge in [0.1, 0.15) is 5.54 Å². The number of nitrogens with one attached hydrogen (secondary N) is 1. The number of carbonyl (C=O) groups excluding carboxylic acids is 2. The number of carbonyl (C=O) groups is 2. The van der Waals surface area contributed by atoms with E-state index in [2.05, 4.69) is 5.32 Å². The highest BCUT2D eigenvalue weighted by atomic mass is 35.5. The van der Waals surface area contributed by atoms with Crippen molar-refractivity contribution in [3.63, 3.8) is 0 Å². The fourth-order valence-electron chi connectivity index (χ4n) is 3.57. The molecule has 1 N–H and O–H groups in total. The van der Waals surface area contributed by atoms with Crippen LogP contribution in [0, 0.1) is 10.1 Å². The van der Waals surface area contributed by atoms with Crippen molar-refractivity contribution >= 4 is 29.2 Å². The topological polar surface area (TPSA) is 117 Å². The molecule has 1 saturated carbocycles. The Labute approximate surface area is 183 Å².